The summed E-state index contributed by atoms with van der Waals surface area (Å²) in [5.74, 6) is -2.77. The molecular formula is C11H12F3N. The molecule has 0 saturated carbocycles. The minimum atomic E-state index is -1.11. The van der Waals surface area contributed by atoms with Crippen LogP contribution in [0.4, 0.5) is 13.2 Å². The number of hydrogen-bond donors (Lipinski definition) is 1. The number of hydrogen-bond acceptors (Lipinski definition) is 1. The van der Waals surface area contributed by atoms with Gasteiger partial charge in [-0.05, 0) is 25.5 Å². The summed E-state index contributed by atoms with van der Waals surface area (Å²) in [5.41, 5.74) is 0.104. The lowest BCUT2D eigenvalue weighted by Gasteiger charge is -2.24. The Hall–Kier alpha value is -1.03. The monoisotopic (exact) mass is 215 g/mol. The number of piperidine rings is 1. The summed E-state index contributed by atoms with van der Waals surface area (Å²) < 4.78 is 39.3. The van der Waals surface area contributed by atoms with Crippen LogP contribution in [0, 0.1) is 17.5 Å². The molecule has 82 valence electrons. The quantitative estimate of drug-likeness (QED) is 0.710. The lowest BCUT2D eigenvalue weighted by Crippen LogP contribution is -2.27. The fourth-order valence-electron chi connectivity index (χ4n) is 1.95. The van der Waals surface area contributed by atoms with E-state index in [0.29, 0.717) is 6.07 Å². The first-order valence-electron chi connectivity index (χ1n) is 5.06. The van der Waals surface area contributed by atoms with Crippen molar-refractivity contribution in [2.24, 2.45) is 0 Å². The third-order valence-corrected chi connectivity index (χ3v) is 2.71. The Morgan fingerprint density at radius 1 is 1.13 bits per heavy atom. The Balaban J connectivity index is 2.33. The number of nitrogens with one attached hydrogen (secondary N) is 1. The van der Waals surface area contributed by atoms with Crippen LogP contribution in [0.2, 0.25) is 0 Å². The summed E-state index contributed by atoms with van der Waals surface area (Å²) in [7, 11) is 0. The normalized spacial score (nSPS) is 21.7. The highest BCUT2D eigenvalue weighted by Crippen LogP contribution is 2.27. The third-order valence-electron chi connectivity index (χ3n) is 2.71. The van der Waals surface area contributed by atoms with Crippen LogP contribution in [-0.4, -0.2) is 6.54 Å². The first kappa shape index (κ1) is 10.5. The summed E-state index contributed by atoms with van der Waals surface area (Å²) in [6.45, 7) is 0.766. The average Bonchev–Trinajstić information content (AvgIpc) is 2.24. The number of halogens is 3. The zero-order valence-electron chi connectivity index (χ0n) is 8.19. The van der Waals surface area contributed by atoms with Crippen LogP contribution in [0.15, 0.2) is 12.1 Å². The van der Waals surface area contributed by atoms with E-state index >= 15 is 0 Å². The van der Waals surface area contributed by atoms with Crippen molar-refractivity contribution < 1.29 is 13.2 Å². The zero-order valence-corrected chi connectivity index (χ0v) is 8.19. The Kier molecular flexibility index (Phi) is 2.95. The molecule has 1 nitrogen and oxygen atoms in total. The fourth-order valence-corrected chi connectivity index (χ4v) is 1.95. The summed E-state index contributed by atoms with van der Waals surface area (Å²) >= 11 is 0. The minimum absolute atomic E-state index is 0.104. The van der Waals surface area contributed by atoms with Gasteiger partial charge in [0.05, 0.1) is 0 Å². The van der Waals surface area contributed by atoms with E-state index in [2.05, 4.69) is 5.32 Å². The lowest BCUT2D eigenvalue weighted by molar-refractivity contribution is 0.387. The van der Waals surface area contributed by atoms with Gasteiger partial charge in [0.2, 0.25) is 0 Å². The van der Waals surface area contributed by atoms with Gasteiger partial charge in [0.15, 0.2) is 11.6 Å². The molecule has 0 radical (unpaired) electrons. The SMILES string of the molecule is Fc1cc(F)c(F)c([C@H]2CCCCN2)c1. The van der Waals surface area contributed by atoms with Crippen molar-refractivity contribution >= 4 is 0 Å². The van der Waals surface area contributed by atoms with Crippen LogP contribution < -0.4 is 5.32 Å². The molecule has 1 aromatic carbocycles. The van der Waals surface area contributed by atoms with Crippen LogP contribution in [-0.2, 0) is 0 Å². The van der Waals surface area contributed by atoms with Gasteiger partial charge in [-0.1, -0.05) is 6.42 Å². The van der Waals surface area contributed by atoms with Crippen molar-refractivity contribution in [1.82, 2.24) is 5.32 Å². The van der Waals surface area contributed by atoms with Gasteiger partial charge in [0.1, 0.15) is 5.82 Å². The molecular weight excluding hydrogens is 203 g/mol. The van der Waals surface area contributed by atoms with E-state index in [-0.39, 0.29) is 11.6 Å². The molecule has 1 atom stereocenters. The molecule has 1 aliphatic rings. The van der Waals surface area contributed by atoms with E-state index in [1.807, 2.05) is 0 Å². The maximum absolute atomic E-state index is 13.4. The van der Waals surface area contributed by atoms with Gasteiger partial charge >= 0.3 is 0 Å². The second-order valence-corrected chi connectivity index (χ2v) is 3.79. The Morgan fingerprint density at radius 3 is 2.60 bits per heavy atom. The molecule has 1 aromatic rings. The molecule has 0 amide bonds. The minimum Gasteiger partial charge on any atom is -0.310 e. The van der Waals surface area contributed by atoms with Gasteiger partial charge in [-0.25, -0.2) is 13.2 Å². The number of benzene rings is 1. The van der Waals surface area contributed by atoms with Crippen molar-refractivity contribution in [2.45, 2.75) is 25.3 Å². The molecule has 1 N–H and O–H groups in total. The van der Waals surface area contributed by atoms with Crippen molar-refractivity contribution in [3.8, 4) is 0 Å². The van der Waals surface area contributed by atoms with E-state index in [1.165, 1.54) is 0 Å². The van der Waals surface area contributed by atoms with E-state index in [0.717, 1.165) is 31.9 Å². The molecule has 2 rings (SSSR count). The molecule has 15 heavy (non-hydrogen) atoms. The predicted octanol–water partition coefficient (Wildman–Crippen LogP) is 2.92. The summed E-state index contributed by atoms with van der Waals surface area (Å²) in [5, 5.41) is 3.06. The van der Waals surface area contributed by atoms with E-state index < -0.39 is 17.5 Å². The highest BCUT2D eigenvalue weighted by atomic mass is 19.2. The standard InChI is InChI=1S/C11H12F3N/c12-7-5-8(11(14)9(13)6-7)10-3-1-2-4-15-10/h5-6,10,15H,1-4H2/t10-/m1/s1. The Labute approximate surface area is 86.3 Å². The second kappa shape index (κ2) is 4.23. The molecule has 1 heterocycles. The van der Waals surface area contributed by atoms with Gasteiger partial charge in [0, 0.05) is 17.7 Å². The highest BCUT2D eigenvalue weighted by Gasteiger charge is 2.21. The van der Waals surface area contributed by atoms with Crippen molar-refractivity contribution in [2.75, 3.05) is 6.54 Å². The van der Waals surface area contributed by atoms with E-state index in [1.54, 1.807) is 0 Å². The van der Waals surface area contributed by atoms with Gasteiger partial charge in [0.25, 0.3) is 0 Å². The third kappa shape index (κ3) is 2.15. The van der Waals surface area contributed by atoms with Crippen LogP contribution in [0.3, 0.4) is 0 Å². The molecule has 4 heteroatoms. The zero-order chi connectivity index (χ0) is 10.8. The van der Waals surface area contributed by atoms with E-state index in [9.17, 15) is 13.2 Å². The van der Waals surface area contributed by atoms with Crippen molar-refractivity contribution in [3.63, 3.8) is 0 Å². The Bertz CT molecular complexity index is 359. The van der Waals surface area contributed by atoms with Crippen molar-refractivity contribution in [3.05, 3.63) is 35.1 Å². The van der Waals surface area contributed by atoms with Crippen LogP contribution in [0.25, 0.3) is 0 Å². The highest BCUT2D eigenvalue weighted by molar-refractivity contribution is 5.24. The van der Waals surface area contributed by atoms with Crippen LogP contribution >= 0.6 is 0 Å². The predicted molar refractivity (Wildman–Crippen MR) is 50.9 cm³/mol. The molecule has 0 unspecified atom stereocenters. The second-order valence-electron chi connectivity index (χ2n) is 3.79. The van der Waals surface area contributed by atoms with Gasteiger partial charge < -0.3 is 5.32 Å². The topological polar surface area (TPSA) is 12.0 Å². The van der Waals surface area contributed by atoms with Crippen molar-refractivity contribution in [1.29, 1.82) is 0 Å². The van der Waals surface area contributed by atoms with Gasteiger partial charge in [-0.3, -0.25) is 0 Å². The number of rotatable bonds is 1. The maximum Gasteiger partial charge on any atom is 0.163 e. The molecule has 1 aliphatic heterocycles. The van der Waals surface area contributed by atoms with Gasteiger partial charge in [-0.2, -0.15) is 0 Å². The molecule has 1 saturated heterocycles. The van der Waals surface area contributed by atoms with Gasteiger partial charge in [-0.15, -0.1) is 0 Å². The average molecular weight is 215 g/mol. The summed E-state index contributed by atoms with van der Waals surface area (Å²) in [4.78, 5) is 0. The van der Waals surface area contributed by atoms with E-state index in [4.69, 9.17) is 0 Å². The maximum atomic E-state index is 13.4. The molecule has 0 aromatic heterocycles. The van der Waals surface area contributed by atoms with Crippen LogP contribution in [0.5, 0.6) is 0 Å². The first-order chi connectivity index (χ1) is 7.18. The smallest absolute Gasteiger partial charge is 0.163 e. The fraction of sp³-hybridized carbons (Fsp3) is 0.455. The largest absolute Gasteiger partial charge is 0.310 e. The van der Waals surface area contributed by atoms with Crippen LogP contribution in [0.1, 0.15) is 30.9 Å². The summed E-state index contributed by atoms with van der Waals surface area (Å²) in [6, 6.07) is 1.38. The molecule has 0 aliphatic carbocycles. The molecule has 1 fully saturated rings. The summed E-state index contributed by atoms with van der Waals surface area (Å²) in [6.07, 6.45) is 2.70. The lowest BCUT2D eigenvalue weighted by atomic mass is 9.97. The first-order valence-corrected chi connectivity index (χ1v) is 5.06. The molecule has 0 spiro atoms. The Morgan fingerprint density at radius 2 is 1.93 bits per heavy atom. The molecule has 0 bridgehead atoms.